The highest BCUT2D eigenvalue weighted by Crippen LogP contribution is 2.61. The lowest BCUT2D eigenvalue weighted by Gasteiger charge is -2.45. The first kappa shape index (κ1) is 27.7. The van der Waals surface area contributed by atoms with Crippen molar-refractivity contribution in [3.63, 3.8) is 0 Å². The van der Waals surface area contributed by atoms with Crippen LogP contribution >= 0.6 is 0 Å². The molecule has 3 aromatic rings. The quantitative estimate of drug-likeness (QED) is 0.326. The van der Waals surface area contributed by atoms with Gasteiger partial charge in [-0.3, -0.25) is 19.3 Å². The molecule has 1 aliphatic heterocycles. The molecule has 3 atom stereocenters. The number of nitrogens with one attached hydrogen (secondary N) is 1. The number of benzene rings is 3. The molecule has 3 amide bonds. The summed E-state index contributed by atoms with van der Waals surface area (Å²) in [6.07, 6.45) is -4.70. The summed E-state index contributed by atoms with van der Waals surface area (Å²) >= 11 is 0. The molecular formula is C32H27F3N2O5. The van der Waals surface area contributed by atoms with Crippen LogP contribution in [0.25, 0.3) is 0 Å². The summed E-state index contributed by atoms with van der Waals surface area (Å²) in [4.78, 5) is 54.9. The van der Waals surface area contributed by atoms with E-state index in [2.05, 4.69) is 5.32 Å². The predicted octanol–water partition coefficient (Wildman–Crippen LogP) is 5.10. The molecule has 10 heteroatoms. The molecule has 1 N–H and O–H groups in total. The molecule has 0 aromatic heterocycles. The summed E-state index contributed by atoms with van der Waals surface area (Å²) < 4.78 is 45.1. The lowest BCUT2D eigenvalue weighted by atomic mass is 9.55. The summed E-state index contributed by atoms with van der Waals surface area (Å²) in [6, 6.07) is 18.7. The third kappa shape index (κ3) is 4.28. The first-order valence-electron chi connectivity index (χ1n) is 13.7. The monoisotopic (exact) mass is 576 g/mol. The Hall–Kier alpha value is -4.47. The molecule has 1 saturated heterocycles. The Balaban J connectivity index is 1.24. The molecule has 216 valence electrons. The Kier molecular flexibility index (Phi) is 6.67. The van der Waals surface area contributed by atoms with Gasteiger partial charge in [-0.2, -0.15) is 13.2 Å². The van der Waals surface area contributed by atoms with Gasteiger partial charge in [0.2, 0.25) is 11.8 Å². The molecule has 7 nitrogen and oxygen atoms in total. The number of ether oxygens (including phenoxy) is 1. The van der Waals surface area contributed by atoms with Gasteiger partial charge < -0.3 is 10.1 Å². The standard InChI is InChI=1S/C32H27F3N2O5/c1-16(2)28(31(41)42-15-23(38)36-22-14-8-7-13-21(22)32(33,34)35)37-29(39)26-24-17-9-3-4-10-18(17)25(27(26)30(37)40)20-12-6-5-11-19(20)24/h3-14,16,24-28H,15H2,1-2H3,(H,36,38)/t24?,25?,26-,27-,28-/m1/s1. The van der Waals surface area contributed by atoms with E-state index in [1.54, 1.807) is 13.8 Å². The number of imide groups is 1. The molecule has 0 radical (unpaired) electrons. The van der Waals surface area contributed by atoms with Crippen molar-refractivity contribution in [1.29, 1.82) is 0 Å². The highest BCUT2D eigenvalue weighted by atomic mass is 19.4. The summed E-state index contributed by atoms with van der Waals surface area (Å²) in [7, 11) is 0. The van der Waals surface area contributed by atoms with Crippen LogP contribution < -0.4 is 5.32 Å². The third-order valence-electron chi connectivity index (χ3n) is 8.49. The van der Waals surface area contributed by atoms with Gasteiger partial charge in [-0.1, -0.05) is 74.5 Å². The number of esters is 1. The number of hydrogen-bond donors (Lipinski definition) is 1. The molecule has 3 aliphatic carbocycles. The molecule has 2 bridgehead atoms. The van der Waals surface area contributed by atoms with Crippen LogP contribution in [0.4, 0.5) is 18.9 Å². The van der Waals surface area contributed by atoms with E-state index in [1.165, 1.54) is 12.1 Å². The number of hydrogen-bond acceptors (Lipinski definition) is 5. The van der Waals surface area contributed by atoms with Gasteiger partial charge in [-0.15, -0.1) is 0 Å². The Labute approximate surface area is 239 Å². The Morgan fingerprint density at radius 3 is 1.71 bits per heavy atom. The number of anilines is 1. The molecule has 0 unspecified atom stereocenters. The minimum atomic E-state index is -4.70. The molecule has 1 heterocycles. The fourth-order valence-electron chi connectivity index (χ4n) is 6.90. The van der Waals surface area contributed by atoms with E-state index in [0.717, 1.165) is 39.3 Å². The third-order valence-corrected chi connectivity index (χ3v) is 8.49. The van der Waals surface area contributed by atoms with E-state index >= 15 is 0 Å². The number of alkyl halides is 3. The number of nitrogens with zero attached hydrogens (tertiary/aromatic N) is 1. The van der Waals surface area contributed by atoms with E-state index in [1.807, 2.05) is 48.5 Å². The molecule has 3 aromatic carbocycles. The highest BCUT2D eigenvalue weighted by molar-refractivity contribution is 6.10. The topological polar surface area (TPSA) is 92.8 Å². The van der Waals surface area contributed by atoms with Crippen molar-refractivity contribution in [3.05, 3.63) is 101 Å². The van der Waals surface area contributed by atoms with Crippen molar-refractivity contribution in [2.24, 2.45) is 17.8 Å². The van der Waals surface area contributed by atoms with Crippen molar-refractivity contribution in [1.82, 2.24) is 4.90 Å². The predicted molar refractivity (Wildman–Crippen MR) is 145 cm³/mol. The van der Waals surface area contributed by atoms with Crippen LogP contribution in [0.15, 0.2) is 72.8 Å². The highest BCUT2D eigenvalue weighted by Gasteiger charge is 2.63. The Morgan fingerprint density at radius 2 is 1.26 bits per heavy atom. The van der Waals surface area contributed by atoms with Crippen LogP contribution in [0.3, 0.4) is 0 Å². The molecule has 42 heavy (non-hydrogen) atoms. The number of carbonyl (C=O) groups is 4. The lowest BCUT2D eigenvalue weighted by molar-refractivity contribution is -0.162. The van der Waals surface area contributed by atoms with Gasteiger partial charge in [0.05, 0.1) is 23.1 Å². The van der Waals surface area contributed by atoms with Crippen LogP contribution in [-0.2, 0) is 30.1 Å². The smallest absolute Gasteiger partial charge is 0.418 e. The first-order valence-corrected chi connectivity index (χ1v) is 13.7. The summed E-state index contributed by atoms with van der Waals surface area (Å²) in [6.45, 7) is 2.43. The maximum Gasteiger partial charge on any atom is 0.418 e. The van der Waals surface area contributed by atoms with Crippen LogP contribution in [0.1, 0.15) is 53.5 Å². The number of amides is 3. The van der Waals surface area contributed by atoms with Gasteiger partial charge in [0.1, 0.15) is 6.04 Å². The van der Waals surface area contributed by atoms with E-state index in [-0.39, 0.29) is 11.8 Å². The van der Waals surface area contributed by atoms with Crippen molar-refractivity contribution >= 4 is 29.4 Å². The second-order valence-corrected chi connectivity index (χ2v) is 11.2. The van der Waals surface area contributed by atoms with E-state index < -0.39 is 71.5 Å². The normalized spacial score (nSPS) is 22.9. The fraction of sp³-hybridized carbons (Fsp3) is 0.312. The SMILES string of the molecule is CC(C)[C@H](C(=O)OCC(=O)Nc1ccccc1C(F)(F)F)N1C(=O)[C@@H]2C3c4ccccc4C(c4ccccc43)[C@H]2C1=O. The Morgan fingerprint density at radius 1 is 0.810 bits per heavy atom. The fourth-order valence-corrected chi connectivity index (χ4v) is 6.90. The van der Waals surface area contributed by atoms with Gasteiger partial charge in [0, 0.05) is 11.8 Å². The summed E-state index contributed by atoms with van der Waals surface area (Å²) in [5, 5.41) is 2.12. The maximum atomic E-state index is 14.0. The van der Waals surface area contributed by atoms with E-state index in [0.29, 0.717) is 0 Å². The van der Waals surface area contributed by atoms with Gasteiger partial charge in [-0.05, 0) is 40.3 Å². The number of likely N-dealkylation sites (tertiary alicyclic amines) is 1. The summed E-state index contributed by atoms with van der Waals surface area (Å²) in [5.74, 6) is -5.54. The number of para-hydroxylation sites is 1. The van der Waals surface area contributed by atoms with Crippen molar-refractivity contribution < 1.29 is 37.1 Å². The van der Waals surface area contributed by atoms with Crippen LogP contribution in [0.5, 0.6) is 0 Å². The first-order chi connectivity index (χ1) is 20.0. The van der Waals surface area contributed by atoms with Crippen molar-refractivity contribution in [3.8, 4) is 0 Å². The molecule has 4 aliphatic rings. The van der Waals surface area contributed by atoms with Crippen molar-refractivity contribution in [2.75, 3.05) is 11.9 Å². The number of halogens is 3. The average molecular weight is 577 g/mol. The van der Waals surface area contributed by atoms with Crippen LogP contribution in [-0.4, -0.2) is 41.2 Å². The minimum absolute atomic E-state index is 0.350. The Bertz CT molecular complexity index is 1500. The minimum Gasteiger partial charge on any atom is -0.454 e. The van der Waals surface area contributed by atoms with Gasteiger partial charge >= 0.3 is 12.1 Å². The van der Waals surface area contributed by atoms with E-state index in [4.69, 9.17) is 4.74 Å². The second-order valence-electron chi connectivity index (χ2n) is 11.2. The van der Waals surface area contributed by atoms with Crippen LogP contribution in [0, 0.1) is 17.8 Å². The molecular weight excluding hydrogens is 549 g/mol. The zero-order valence-electron chi connectivity index (χ0n) is 22.7. The number of carbonyl (C=O) groups excluding carboxylic acids is 4. The zero-order valence-corrected chi connectivity index (χ0v) is 22.7. The molecule has 0 spiro atoms. The van der Waals surface area contributed by atoms with E-state index in [9.17, 15) is 32.3 Å². The average Bonchev–Trinajstić information content (AvgIpc) is 3.21. The zero-order chi connectivity index (χ0) is 29.9. The largest absolute Gasteiger partial charge is 0.454 e. The van der Waals surface area contributed by atoms with Gasteiger partial charge in [-0.25, -0.2) is 4.79 Å². The molecule has 0 saturated carbocycles. The maximum absolute atomic E-state index is 14.0. The summed E-state index contributed by atoms with van der Waals surface area (Å²) in [5.41, 5.74) is 2.44. The molecule has 7 rings (SSSR count). The van der Waals surface area contributed by atoms with Crippen LogP contribution in [0.2, 0.25) is 0 Å². The van der Waals surface area contributed by atoms with Gasteiger partial charge in [0.15, 0.2) is 6.61 Å². The number of rotatable bonds is 6. The molecule has 1 fully saturated rings. The lowest BCUT2D eigenvalue weighted by Crippen LogP contribution is -2.49. The van der Waals surface area contributed by atoms with Gasteiger partial charge in [0.25, 0.3) is 5.91 Å². The van der Waals surface area contributed by atoms with Crippen molar-refractivity contribution in [2.45, 2.75) is 37.9 Å². The second kappa shape index (κ2) is 10.1.